The van der Waals surface area contributed by atoms with Crippen molar-refractivity contribution >= 4 is 32.6 Å². The summed E-state index contributed by atoms with van der Waals surface area (Å²) in [7, 11) is 0. The Hall–Kier alpha value is -3.06. The normalized spacial score (nSPS) is 10.9. The number of anilines is 1. The lowest BCUT2D eigenvalue weighted by atomic mass is 10.1. The largest absolute Gasteiger partial charge is 0.298 e. The lowest BCUT2D eigenvalue weighted by Crippen LogP contribution is -2.11. The molecule has 0 saturated heterocycles. The zero-order chi connectivity index (χ0) is 16.5. The van der Waals surface area contributed by atoms with E-state index < -0.39 is 0 Å². The number of thiazole rings is 1. The van der Waals surface area contributed by atoms with Gasteiger partial charge in [0.1, 0.15) is 12.7 Å². The van der Waals surface area contributed by atoms with Gasteiger partial charge in [-0.15, -0.1) is 10.2 Å². The second kappa shape index (κ2) is 5.86. The molecule has 0 atom stereocenters. The third-order valence-electron chi connectivity index (χ3n) is 3.59. The van der Waals surface area contributed by atoms with E-state index in [9.17, 15) is 4.79 Å². The molecule has 4 aromatic rings. The maximum Gasteiger partial charge on any atom is 0.257 e. The topological polar surface area (TPSA) is 72.7 Å². The van der Waals surface area contributed by atoms with Crippen molar-refractivity contribution in [2.75, 3.05) is 5.32 Å². The summed E-state index contributed by atoms with van der Waals surface area (Å²) in [5.41, 5.74) is 3.47. The Kier molecular flexibility index (Phi) is 3.55. The van der Waals surface area contributed by atoms with E-state index in [4.69, 9.17) is 0 Å². The molecule has 2 heterocycles. The van der Waals surface area contributed by atoms with Crippen LogP contribution < -0.4 is 5.32 Å². The molecule has 0 radical (unpaired) electrons. The minimum atomic E-state index is -0.156. The Morgan fingerprint density at radius 3 is 2.75 bits per heavy atom. The van der Waals surface area contributed by atoms with Crippen LogP contribution >= 0.6 is 11.3 Å². The van der Waals surface area contributed by atoms with Crippen LogP contribution in [0.2, 0.25) is 0 Å². The summed E-state index contributed by atoms with van der Waals surface area (Å²) in [5, 5.41) is 11.1. The Morgan fingerprint density at radius 2 is 1.96 bits per heavy atom. The summed E-state index contributed by atoms with van der Waals surface area (Å²) in [6.45, 7) is 1.96. The molecule has 1 N–H and O–H groups in total. The lowest BCUT2D eigenvalue weighted by molar-refractivity contribution is 0.102. The van der Waals surface area contributed by atoms with E-state index in [2.05, 4.69) is 20.5 Å². The van der Waals surface area contributed by atoms with Gasteiger partial charge in [0.15, 0.2) is 5.13 Å². The number of hydrogen-bond acceptors (Lipinski definition) is 5. The number of amides is 1. The third kappa shape index (κ3) is 2.77. The molecular weight excluding hydrogens is 322 g/mol. The molecule has 118 valence electrons. The highest BCUT2D eigenvalue weighted by molar-refractivity contribution is 7.22. The zero-order valence-electron chi connectivity index (χ0n) is 12.8. The third-order valence-corrected chi connectivity index (χ3v) is 4.52. The van der Waals surface area contributed by atoms with Crippen LogP contribution in [-0.4, -0.2) is 25.7 Å². The Labute approximate surface area is 141 Å². The van der Waals surface area contributed by atoms with Gasteiger partial charge in [-0.1, -0.05) is 29.0 Å². The van der Waals surface area contributed by atoms with E-state index in [1.807, 2.05) is 47.9 Å². The summed E-state index contributed by atoms with van der Waals surface area (Å²) < 4.78 is 2.81. The molecule has 4 rings (SSSR count). The molecule has 0 unspecified atom stereocenters. The van der Waals surface area contributed by atoms with Crippen LogP contribution in [0.4, 0.5) is 5.13 Å². The minimum Gasteiger partial charge on any atom is -0.298 e. The predicted molar refractivity (Wildman–Crippen MR) is 93.7 cm³/mol. The smallest absolute Gasteiger partial charge is 0.257 e. The average Bonchev–Trinajstić information content (AvgIpc) is 3.23. The van der Waals surface area contributed by atoms with E-state index in [-0.39, 0.29) is 5.91 Å². The fraction of sp³-hybridized carbons (Fsp3) is 0.0588. The molecule has 0 spiro atoms. The van der Waals surface area contributed by atoms with Crippen molar-refractivity contribution in [1.29, 1.82) is 0 Å². The summed E-state index contributed by atoms with van der Waals surface area (Å²) in [6.07, 6.45) is 3.28. The molecule has 0 fully saturated rings. The molecular formula is C17H13N5OS. The number of nitrogens with zero attached hydrogens (tertiary/aromatic N) is 4. The highest BCUT2D eigenvalue weighted by Crippen LogP contribution is 2.28. The fourth-order valence-electron chi connectivity index (χ4n) is 2.42. The van der Waals surface area contributed by atoms with Crippen molar-refractivity contribution in [2.24, 2.45) is 0 Å². The van der Waals surface area contributed by atoms with Gasteiger partial charge in [-0.2, -0.15) is 0 Å². The number of carbonyl (C=O) groups excluding carboxylic acids is 1. The number of rotatable bonds is 3. The number of hydrogen-bond donors (Lipinski definition) is 1. The molecule has 1 amide bonds. The van der Waals surface area contributed by atoms with Crippen LogP contribution in [0.25, 0.3) is 15.9 Å². The van der Waals surface area contributed by atoms with E-state index in [1.165, 1.54) is 11.3 Å². The van der Waals surface area contributed by atoms with Crippen LogP contribution in [0, 0.1) is 6.92 Å². The van der Waals surface area contributed by atoms with E-state index in [0.717, 1.165) is 21.5 Å². The molecule has 0 aliphatic carbocycles. The van der Waals surface area contributed by atoms with Crippen LogP contribution in [0.3, 0.4) is 0 Å². The van der Waals surface area contributed by atoms with Crippen molar-refractivity contribution in [3.8, 4) is 5.69 Å². The number of nitrogens with one attached hydrogen (secondary N) is 1. The minimum absolute atomic E-state index is 0.156. The van der Waals surface area contributed by atoms with Gasteiger partial charge >= 0.3 is 0 Å². The monoisotopic (exact) mass is 335 g/mol. The van der Waals surface area contributed by atoms with Crippen molar-refractivity contribution in [1.82, 2.24) is 19.7 Å². The Bertz CT molecular complexity index is 1020. The van der Waals surface area contributed by atoms with Crippen LogP contribution in [0.5, 0.6) is 0 Å². The van der Waals surface area contributed by atoms with Crippen molar-refractivity contribution in [2.45, 2.75) is 6.92 Å². The second-order valence-corrected chi connectivity index (χ2v) is 6.39. The summed E-state index contributed by atoms with van der Waals surface area (Å²) in [5.74, 6) is -0.156. The maximum absolute atomic E-state index is 12.3. The average molecular weight is 335 g/mol. The SMILES string of the molecule is Cc1cccc(C(=O)Nc2nc3ccc(-n4cnnc4)cc3s2)c1. The molecule has 0 aliphatic heterocycles. The standard InChI is InChI=1S/C17H13N5OS/c1-11-3-2-4-12(7-11)16(23)21-17-20-14-6-5-13(8-15(14)24-17)22-9-18-19-10-22/h2-10H,1H3,(H,20,21,23). The molecule has 24 heavy (non-hydrogen) atoms. The van der Waals surface area contributed by atoms with Crippen molar-refractivity contribution in [3.05, 3.63) is 66.2 Å². The van der Waals surface area contributed by atoms with E-state index in [1.54, 1.807) is 18.7 Å². The van der Waals surface area contributed by atoms with Crippen molar-refractivity contribution < 1.29 is 4.79 Å². The summed E-state index contributed by atoms with van der Waals surface area (Å²) in [4.78, 5) is 16.8. The first-order valence-corrected chi connectivity index (χ1v) is 8.14. The first kappa shape index (κ1) is 14.5. The molecule has 0 aliphatic rings. The quantitative estimate of drug-likeness (QED) is 0.622. The number of aromatic nitrogens is 4. The lowest BCUT2D eigenvalue weighted by Gasteiger charge is -2.02. The van der Waals surface area contributed by atoms with Gasteiger partial charge < -0.3 is 0 Å². The summed E-state index contributed by atoms with van der Waals surface area (Å²) >= 11 is 1.44. The summed E-state index contributed by atoms with van der Waals surface area (Å²) in [6, 6.07) is 13.3. The predicted octanol–water partition coefficient (Wildman–Crippen LogP) is 3.44. The highest BCUT2D eigenvalue weighted by Gasteiger charge is 2.10. The van der Waals surface area contributed by atoms with Gasteiger partial charge in [-0.25, -0.2) is 4.98 Å². The number of fused-ring (bicyclic) bond motifs is 1. The highest BCUT2D eigenvalue weighted by atomic mass is 32.1. The molecule has 0 saturated carbocycles. The van der Waals surface area contributed by atoms with Crippen LogP contribution in [0.1, 0.15) is 15.9 Å². The number of benzene rings is 2. The fourth-order valence-corrected chi connectivity index (χ4v) is 3.31. The first-order valence-electron chi connectivity index (χ1n) is 7.33. The molecule has 7 heteroatoms. The molecule has 2 aromatic carbocycles. The van der Waals surface area contributed by atoms with Crippen LogP contribution in [-0.2, 0) is 0 Å². The molecule has 0 bridgehead atoms. The first-order chi connectivity index (χ1) is 11.7. The maximum atomic E-state index is 12.3. The Morgan fingerprint density at radius 1 is 1.12 bits per heavy atom. The van der Waals surface area contributed by atoms with E-state index in [0.29, 0.717) is 10.7 Å². The van der Waals surface area contributed by atoms with Gasteiger partial charge in [-0.05, 0) is 37.3 Å². The van der Waals surface area contributed by atoms with Crippen molar-refractivity contribution in [3.63, 3.8) is 0 Å². The zero-order valence-corrected chi connectivity index (χ0v) is 13.6. The second-order valence-electron chi connectivity index (χ2n) is 5.36. The van der Waals surface area contributed by atoms with Gasteiger partial charge in [0.2, 0.25) is 0 Å². The van der Waals surface area contributed by atoms with Crippen LogP contribution in [0.15, 0.2) is 55.1 Å². The van der Waals surface area contributed by atoms with Gasteiger partial charge in [-0.3, -0.25) is 14.7 Å². The number of aryl methyl sites for hydroxylation is 1. The molecule has 2 aromatic heterocycles. The molecule has 6 nitrogen and oxygen atoms in total. The van der Waals surface area contributed by atoms with E-state index >= 15 is 0 Å². The number of carbonyl (C=O) groups is 1. The van der Waals surface area contributed by atoms with Gasteiger partial charge in [0.25, 0.3) is 5.91 Å². The van der Waals surface area contributed by atoms with Gasteiger partial charge in [0.05, 0.1) is 10.2 Å². The van der Waals surface area contributed by atoms with Gasteiger partial charge in [0, 0.05) is 11.3 Å². The Balaban J connectivity index is 1.62.